The van der Waals surface area contributed by atoms with E-state index in [-0.39, 0.29) is 41.7 Å². The predicted molar refractivity (Wildman–Crippen MR) is 150 cm³/mol. The molecule has 10 nitrogen and oxygen atoms in total. The van der Waals surface area contributed by atoms with Gasteiger partial charge in [0.05, 0.1) is 11.9 Å². The standard InChI is InChI=1S/C27H26F5N7O3S/c1-13(2)39-25-20(11-34-27(37-25)35-17-7-16(29)9-33-10-17)36-23(26(39)40)18-8-19(30)24(22(32)21(18)31)38-43(41,42)12-14-3-5-15(28)6-4-14/h3-6,8,11,13,16-17,33,38H,7,9-10,12H2,1-2H3,(H,34,35,37)/t16-,17-/m0/s1. The van der Waals surface area contributed by atoms with E-state index >= 15 is 13.2 Å². The summed E-state index contributed by atoms with van der Waals surface area (Å²) in [6, 6.07) is 3.95. The van der Waals surface area contributed by atoms with Crippen molar-refractivity contribution in [1.29, 1.82) is 0 Å². The van der Waals surface area contributed by atoms with E-state index in [2.05, 4.69) is 25.6 Å². The van der Waals surface area contributed by atoms with Gasteiger partial charge in [0, 0.05) is 37.2 Å². The van der Waals surface area contributed by atoms with Gasteiger partial charge in [-0.05, 0) is 37.6 Å². The highest BCUT2D eigenvalue weighted by atomic mass is 32.2. The van der Waals surface area contributed by atoms with E-state index in [9.17, 15) is 22.0 Å². The number of nitrogens with one attached hydrogen (secondary N) is 3. The average Bonchev–Trinajstić information content (AvgIpc) is 2.94. The van der Waals surface area contributed by atoms with E-state index < -0.39 is 73.8 Å². The van der Waals surface area contributed by atoms with Gasteiger partial charge >= 0.3 is 0 Å². The number of rotatable bonds is 8. The van der Waals surface area contributed by atoms with Crippen molar-refractivity contribution in [3.05, 3.63) is 75.7 Å². The van der Waals surface area contributed by atoms with Gasteiger partial charge in [0.2, 0.25) is 16.0 Å². The molecule has 0 bridgehead atoms. The molecule has 16 heteroatoms. The number of piperidine rings is 1. The Labute approximate surface area is 242 Å². The molecule has 0 amide bonds. The first-order chi connectivity index (χ1) is 20.3. The Bertz CT molecular complexity index is 1850. The van der Waals surface area contributed by atoms with Crippen LogP contribution in [-0.4, -0.2) is 53.2 Å². The molecule has 1 fully saturated rings. The highest BCUT2D eigenvalue weighted by Crippen LogP contribution is 2.31. The third-order valence-electron chi connectivity index (χ3n) is 6.72. The molecule has 1 aliphatic rings. The molecule has 5 rings (SSSR count). The van der Waals surface area contributed by atoms with E-state index in [0.717, 1.165) is 16.7 Å². The lowest BCUT2D eigenvalue weighted by molar-refractivity contribution is 0.254. The first-order valence-corrected chi connectivity index (χ1v) is 14.8. The first kappa shape index (κ1) is 30.3. The monoisotopic (exact) mass is 623 g/mol. The molecule has 2 aromatic heterocycles. The Balaban J connectivity index is 1.51. The van der Waals surface area contributed by atoms with Gasteiger partial charge in [-0.25, -0.2) is 40.3 Å². The van der Waals surface area contributed by atoms with Crippen molar-refractivity contribution in [3.8, 4) is 11.3 Å². The predicted octanol–water partition coefficient (Wildman–Crippen LogP) is 4.04. The van der Waals surface area contributed by atoms with E-state index in [1.165, 1.54) is 18.3 Å². The van der Waals surface area contributed by atoms with Crippen LogP contribution >= 0.6 is 0 Å². The van der Waals surface area contributed by atoms with Gasteiger partial charge in [-0.3, -0.25) is 14.1 Å². The number of fused-ring (bicyclic) bond motifs is 1. The van der Waals surface area contributed by atoms with Gasteiger partial charge in [-0.2, -0.15) is 4.98 Å². The molecule has 0 unspecified atom stereocenters. The van der Waals surface area contributed by atoms with Crippen LogP contribution in [0.3, 0.4) is 0 Å². The topological polar surface area (TPSA) is 131 Å². The van der Waals surface area contributed by atoms with Crippen LogP contribution < -0.4 is 20.9 Å². The summed E-state index contributed by atoms with van der Waals surface area (Å²) in [6.07, 6.45) is 0.396. The molecule has 0 aliphatic carbocycles. The molecule has 4 aromatic rings. The van der Waals surface area contributed by atoms with Crippen molar-refractivity contribution in [2.45, 2.75) is 44.3 Å². The van der Waals surface area contributed by atoms with Crippen LogP contribution in [0.1, 0.15) is 31.9 Å². The van der Waals surface area contributed by atoms with Gasteiger partial charge < -0.3 is 10.6 Å². The molecule has 2 atom stereocenters. The third kappa shape index (κ3) is 6.44. The number of halogens is 5. The van der Waals surface area contributed by atoms with Crippen molar-refractivity contribution in [3.63, 3.8) is 0 Å². The summed E-state index contributed by atoms with van der Waals surface area (Å²) < 4.78 is 100. The smallest absolute Gasteiger partial charge is 0.279 e. The second-order valence-electron chi connectivity index (χ2n) is 10.4. The number of benzene rings is 2. The lowest BCUT2D eigenvalue weighted by Crippen LogP contribution is -2.44. The molecule has 3 heterocycles. The summed E-state index contributed by atoms with van der Waals surface area (Å²) in [5.74, 6) is -6.40. The first-order valence-electron chi connectivity index (χ1n) is 13.2. The Morgan fingerprint density at radius 1 is 1.07 bits per heavy atom. The maximum Gasteiger partial charge on any atom is 0.279 e. The highest BCUT2D eigenvalue weighted by Gasteiger charge is 2.28. The molecule has 0 saturated carbocycles. The Hall–Kier alpha value is -4.18. The molecule has 1 saturated heterocycles. The third-order valence-corrected chi connectivity index (χ3v) is 7.95. The van der Waals surface area contributed by atoms with Gasteiger partial charge in [0.15, 0.2) is 23.1 Å². The van der Waals surface area contributed by atoms with Gasteiger partial charge in [-0.15, -0.1) is 0 Å². The minimum absolute atomic E-state index is 0.00304. The van der Waals surface area contributed by atoms with E-state index in [0.29, 0.717) is 12.6 Å². The molecule has 228 valence electrons. The quantitative estimate of drug-likeness (QED) is 0.198. The second kappa shape index (κ2) is 11.8. The lowest BCUT2D eigenvalue weighted by Gasteiger charge is -2.26. The molecule has 43 heavy (non-hydrogen) atoms. The zero-order chi connectivity index (χ0) is 31.1. The van der Waals surface area contributed by atoms with Gasteiger partial charge in [0.25, 0.3) is 5.56 Å². The average molecular weight is 624 g/mol. The normalized spacial score (nSPS) is 17.4. The fraction of sp³-hybridized carbons (Fsp3) is 0.333. The highest BCUT2D eigenvalue weighted by molar-refractivity contribution is 7.91. The lowest BCUT2D eigenvalue weighted by atomic mass is 10.1. The number of alkyl halides is 1. The molecule has 0 spiro atoms. The van der Waals surface area contributed by atoms with E-state index in [1.807, 2.05) is 0 Å². The molecule has 0 radical (unpaired) electrons. The van der Waals surface area contributed by atoms with Crippen molar-refractivity contribution < 1.29 is 30.4 Å². The molecular weight excluding hydrogens is 597 g/mol. The van der Waals surface area contributed by atoms with Crippen molar-refractivity contribution >= 4 is 32.8 Å². The number of sulfonamides is 1. The number of anilines is 2. The van der Waals surface area contributed by atoms with E-state index in [1.54, 1.807) is 18.6 Å². The Morgan fingerprint density at radius 2 is 1.79 bits per heavy atom. The van der Waals surface area contributed by atoms with Gasteiger partial charge in [0.1, 0.15) is 28.9 Å². The molecular formula is C27H26F5N7O3S. The SMILES string of the molecule is CC(C)n1c(=O)c(-c2cc(F)c(NS(=O)(=O)Cc3ccc(F)cc3)c(F)c2F)nc2cnc(N[C@@H]3CNC[C@@H](F)C3)nc21. The minimum Gasteiger partial charge on any atom is -0.350 e. The molecule has 3 N–H and O–H groups in total. The van der Waals surface area contributed by atoms with Crippen LogP contribution in [0, 0.1) is 23.3 Å². The number of aromatic nitrogens is 4. The summed E-state index contributed by atoms with van der Waals surface area (Å²) in [6.45, 7) is 3.96. The van der Waals surface area contributed by atoms with Crippen LogP contribution in [0.15, 0.2) is 41.3 Å². The van der Waals surface area contributed by atoms with Crippen molar-refractivity contribution in [1.82, 2.24) is 24.8 Å². The second-order valence-corrected chi connectivity index (χ2v) is 12.1. The number of hydrogen-bond acceptors (Lipinski definition) is 8. The summed E-state index contributed by atoms with van der Waals surface area (Å²) in [5.41, 5.74) is -3.54. The summed E-state index contributed by atoms with van der Waals surface area (Å²) in [7, 11) is -4.46. The fourth-order valence-corrected chi connectivity index (χ4v) is 5.96. The Kier molecular flexibility index (Phi) is 8.34. The molecule has 1 aliphatic heterocycles. The van der Waals surface area contributed by atoms with Crippen LogP contribution in [-0.2, 0) is 15.8 Å². The maximum absolute atomic E-state index is 15.4. The Morgan fingerprint density at radius 3 is 2.47 bits per heavy atom. The summed E-state index contributed by atoms with van der Waals surface area (Å²) in [5, 5.41) is 5.94. The van der Waals surface area contributed by atoms with Crippen LogP contribution in [0.2, 0.25) is 0 Å². The molecule has 2 aromatic carbocycles. The van der Waals surface area contributed by atoms with Crippen LogP contribution in [0.4, 0.5) is 33.6 Å². The van der Waals surface area contributed by atoms with Crippen molar-refractivity contribution in [2.24, 2.45) is 0 Å². The zero-order valence-electron chi connectivity index (χ0n) is 22.8. The van der Waals surface area contributed by atoms with Gasteiger partial charge in [-0.1, -0.05) is 12.1 Å². The van der Waals surface area contributed by atoms with Crippen LogP contribution in [0.5, 0.6) is 0 Å². The van der Waals surface area contributed by atoms with Crippen molar-refractivity contribution in [2.75, 3.05) is 23.1 Å². The number of hydrogen-bond donors (Lipinski definition) is 3. The largest absolute Gasteiger partial charge is 0.350 e. The maximum atomic E-state index is 15.4. The van der Waals surface area contributed by atoms with E-state index in [4.69, 9.17) is 0 Å². The summed E-state index contributed by atoms with van der Waals surface area (Å²) in [4.78, 5) is 26.1. The minimum atomic E-state index is -4.46. The zero-order valence-corrected chi connectivity index (χ0v) is 23.7. The fourth-order valence-electron chi connectivity index (χ4n) is 4.76. The summed E-state index contributed by atoms with van der Waals surface area (Å²) >= 11 is 0. The van der Waals surface area contributed by atoms with Crippen LogP contribution in [0.25, 0.3) is 22.4 Å². The number of nitrogens with zero attached hydrogens (tertiary/aromatic N) is 4.